The minimum atomic E-state index is 0.422. The van der Waals surface area contributed by atoms with E-state index in [1.807, 2.05) is 24.3 Å². The second-order valence-corrected chi connectivity index (χ2v) is 3.99. The maximum atomic E-state index is 5.85. The molecule has 0 saturated carbocycles. The summed E-state index contributed by atoms with van der Waals surface area (Å²) in [6.07, 6.45) is 4.40. The van der Waals surface area contributed by atoms with E-state index in [1.54, 1.807) is 12.4 Å². The van der Waals surface area contributed by atoms with Gasteiger partial charge in [-0.1, -0.05) is 19.1 Å². The first-order chi connectivity index (χ1) is 8.33. The van der Waals surface area contributed by atoms with E-state index in [0.717, 1.165) is 23.5 Å². The van der Waals surface area contributed by atoms with Gasteiger partial charge in [0.05, 0.1) is 12.1 Å². The number of alkyl halides is 1. The third-order valence-corrected chi connectivity index (χ3v) is 2.84. The van der Waals surface area contributed by atoms with Gasteiger partial charge in [0.2, 0.25) is 0 Å². The van der Waals surface area contributed by atoms with Gasteiger partial charge >= 0.3 is 0 Å². The van der Waals surface area contributed by atoms with Gasteiger partial charge in [-0.05, 0) is 30.2 Å². The number of nitrogens with zero attached hydrogens (tertiary/aromatic N) is 1. The van der Waals surface area contributed by atoms with Crippen LogP contribution in [-0.2, 0) is 12.3 Å². The highest BCUT2D eigenvalue weighted by Crippen LogP contribution is 2.26. The lowest BCUT2D eigenvalue weighted by Gasteiger charge is -2.09. The number of rotatable bonds is 4. The van der Waals surface area contributed by atoms with Crippen LogP contribution in [-0.4, -0.2) is 4.98 Å². The average Bonchev–Trinajstić information content (AvgIpc) is 2.39. The van der Waals surface area contributed by atoms with Gasteiger partial charge in [0, 0.05) is 11.8 Å². The van der Waals surface area contributed by atoms with Crippen molar-refractivity contribution in [3.05, 3.63) is 53.9 Å². The molecule has 0 amide bonds. The zero-order valence-electron chi connectivity index (χ0n) is 9.69. The molecule has 88 valence electrons. The number of ether oxygens (including phenoxy) is 1. The minimum Gasteiger partial charge on any atom is -0.455 e. The van der Waals surface area contributed by atoms with Crippen LogP contribution in [0, 0.1) is 0 Å². The number of pyridine rings is 1. The number of benzene rings is 1. The van der Waals surface area contributed by atoms with Crippen molar-refractivity contribution in [1.29, 1.82) is 0 Å². The van der Waals surface area contributed by atoms with E-state index < -0.39 is 0 Å². The zero-order valence-corrected chi connectivity index (χ0v) is 10.4. The van der Waals surface area contributed by atoms with Crippen molar-refractivity contribution in [3.63, 3.8) is 0 Å². The molecule has 0 aliphatic carbocycles. The van der Waals surface area contributed by atoms with Gasteiger partial charge in [-0.2, -0.15) is 0 Å². The molecule has 0 aliphatic heterocycles. The lowest BCUT2D eigenvalue weighted by atomic mass is 10.2. The molecule has 0 saturated heterocycles. The summed E-state index contributed by atoms with van der Waals surface area (Å²) in [7, 11) is 0. The fourth-order valence-electron chi connectivity index (χ4n) is 1.57. The number of aryl methyl sites for hydroxylation is 1. The third kappa shape index (κ3) is 2.98. The Morgan fingerprint density at radius 2 is 2.18 bits per heavy atom. The Bertz CT molecular complexity index is 499. The van der Waals surface area contributed by atoms with Crippen LogP contribution in [0.3, 0.4) is 0 Å². The van der Waals surface area contributed by atoms with E-state index in [9.17, 15) is 0 Å². The summed E-state index contributed by atoms with van der Waals surface area (Å²) in [4.78, 5) is 4.05. The van der Waals surface area contributed by atoms with E-state index in [-0.39, 0.29) is 0 Å². The molecule has 0 radical (unpaired) electrons. The molecule has 2 aromatic rings. The van der Waals surface area contributed by atoms with Gasteiger partial charge in [0.25, 0.3) is 0 Å². The Morgan fingerprint density at radius 1 is 1.29 bits per heavy atom. The highest BCUT2D eigenvalue weighted by Gasteiger charge is 2.04. The molecule has 3 heteroatoms. The maximum Gasteiger partial charge on any atom is 0.150 e. The predicted molar refractivity (Wildman–Crippen MR) is 69.7 cm³/mol. The molecule has 0 fully saturated rings. The summed E-state index contributed by atoms with van der Waals surface area (Å²) in [6.45, 7) is 2.12. The zero-order chi connectivity index (χ0) is 12.1. The Balaban J connectivity index is 2.24. The van der Waals surface area contributed by atoms with Crippen LogP contribution in [0.25, 0.3) is 0 Å². The molecule has 0 aliphatic rings. The average molecular weight is 248 g/mol. The van der Waals surface area contributed by atoms with E-state index in [2.05, 4.69) is 18.0 Å². The van der Waals surface area contributed by atoms with Crippen LogP contribution < -0.4 is 4.74 Å². The molecule has 0 spiro atoms. The fraction of sp³-hybridized carbons (Fsp3) is 0.214. The topological polar surface area (TPSA) is 22.1 Å². The van der Waals surface area contributed by atoms with Gasteiger partial charge in [-0.25, -0.2) is 0 Å². The highest BCUT2D eigenvalue weighted by atomic mass is 35.5. The first kappa shape index (κ1) is 11.9. The summed E-state index contributed by atoms with van der Waals surface area (Å²) in [5.41, 5.74) is 2.20. The predicted octanol–water partition coefficient (Wildman–Crippen LogP) is 4.18. The molecule has 1 heterocycles. The largest absolute Gasteiger partial charge is 0.455 e. The normalized spacial score (nSPS) is 10.2. The molecular formula is C14H14ClNO. The van der Waals surface area contributed by atoms with Crippen LogP contribution in [0.4, 0.5) is 0 Å². The molecule has 1 aromatic heterocycles. The van der Waals surface area contributed by atoms with E-state index in [0.29, 0.717) is 5.88 Å². The van der Waals surface area contributed by atoms with Crippen LogP contribution in [0.2, 0.25) is 0 Å². The van der Waals surface area contributed by atoms with E-state index in [1.165, 1.54) is 5.56 Å². The molecule has 0 atom stereocenters. The van der Waals surface area contributed by atoms with Crippen molar-refractivity contribution < 1.29 is 4.74 Å². The Labute approximate surface area is 106 Å². The summed E-state index contributed by atoms with van der Waals surface area (Å²) in [5, 5.41) is 0. The minimum absolute atomic E-state index is 0.422. The molecule has 2 nitrogen and oxygen atoms in total. The first-order valence-electron chi connectivity index (χ1n) is 5.59. The number of halogens is 1. The maximum absolute atomic E-state index is 5.85. The second-order valence-electron chi connectivity index (χ2n) is 3.72. The van der Waals surface area contributed by atoms with Crippen LogP contribution in [0.15, 0.2) is 42.7 Å². The van der Waals surface area contributed by atoms with Crippen molar-refractivity contribution in [2.24, 2.45) is 0 Å². The molecule has 2 rings (SSSR count). The molecule has 0 unspecified atom stereocenters. The standard InChI is InChI=1S/C14H14ClNO/c1-2-11-4-3-5-13(8-11)17-14-10-16-7-6-12(14)9-15/h3-8,10H,2,9H2,1H3. The van der Waals surface area contributed by atoms with Gasteiger partial charge in [-0.3, -0.25) is 4.98 Å². The van der Waals surface area contributed by atoms with Crippen LogP contribution >= 0.6 is 11.6 Å². The van der Waals surface area contributed by atoms with Gasteiger partial charge in [0.1, 0.15) is 11.5 Å². The number of aromatic nitrogens is 1. The van der Waals surface area contributed by atoms with Crippen molar-refractivity contribution in [1.82, 2.24) is 4.98 Å². The number of hydrogen-bond acceptors (Lipinski definition) is 2. The van der Waals surface area contributed by atoms with E-state index >= 15 is 0 Å². The molecule has 1 aromatic carbocycles. The monoisotopic (exact) mass is 247 g/mol. The Kier molecular flexibility index (Phi) is 3.99. The van der Waals surface area contributed by atoms with Crippen molar-refractivity contribution in [3.8, 4) is 11.5 Å². The Hall–Kier alpha value is -1.54. The molecular weight excluding hydrogens is 234 g/mol. The summed E-state index contributed by atoms with van der Waals surface area (Å²) < 4.78 is 5.80. The van der Waals surface area contributed by atoms with E-state index in [4.69, 9.17) is 16.3 Å². The fourth-order valence-corrected chi connectivity index (χ4v) is 1.79. The quantitative estimate of drug-likeness (QED) is 0.757. The lowest BCUT2D eigenvalue weighted by Crippen LogP contribution is -1.91. The SMILES string of the molecule is CCc1cccc(Oc2cnccc2CCl)c1. The molecule has 0 bridgehead atoms. The molecule has 0 N–H and O–H groups in total. The number of hydrogen-bond donors (Lipinski definition) is 0. The first-order valence-corrected chi connectivity index (χ1v) is 6.12. The highest BCUT2D eigenvalue weighted by molar-refractivity contribution is 6.17. The van der Waals surface area contributed by atoms with Gasteiger partial charge in [-0.15, -0.1) is 11.6 Å². The third-order valence-electron chi connectivity index (χ3n) is 2.55. The van der Waals surface area contributed by atoms with Crippen molar-refractivity contribution in [2.45, 2.75) is 19.2 Å². The summed E-state index contributed by atoms with van der Waals surface area (Å²) >= 11 is 5.85. The van der Waals surface area contributed by atoms with Gasteiger partial charge in [0.15, 0.2) is 0 Å². The van der Waals surface area contributed by atoms with Crippen molar-refractivity contribution in [2.75, 3.05) is 0 Å². The van der Waals surface area contributed by atoms with Gasteiger partial charge < -0.3 is 4.74 Å². The van der Waals surface area contributed by atoms with Crippen molar-refractivity contribution >= 4 is 11.6 Å². The second kappa shape index (κ2) is 5.69. The summed E-state index contributed by atoms with van der Waals surface area (Å²) in [5.74, 6) is 1.96. The molecule has 17 heavy (non-hydrogen) atoms. The Morgan fingerprint density at radius 3 is 2.94 bits per heavy atom. The smallest absolute Gasteiger partial charge is 0.150 e. The van der Waals surface area contributed by atoms with Crippen LogP contribution in [0.1, 0.15) is 18.1 Å². The lowest BCUT2D eigenvalue weighted by molar-refractivity contribution is 0.475. The summed E-state index contributed by atoms with van der Waals surface area (Å²) in [6, 6.07) is 9.91. The van der Waals surface area contributed by atoms with Crippen LogP contribution in [0.5, 0.6) is 11.5 Å².